The van der Waals surface area contributed by atoms with E-state index < -0.39 is 10.0 Å². The molecule has 0 saturated carbocycles. The van der Waals surface area contributed by atoms with Gasteiger partial charge in [-0.05, 0) is 24.6 Å². The fourth-order valence-corrected chi connectivity index (χ4v) is 2.50. The molecule has 8 nitrogen and oxygen atoms in total. The number of sulfonamides is 1. The average Bonchev–Trinajstić information content (AvgIpc) is 2.88. The third-order valence-electron chi connectivity index (χ3n) is 2.68. The Bertz CT molecular complexity index is 668. The number of nitrogens with two attached hydrogens (primary N) is 2. The second kappa shape index (κ2) is 5.88. The minimum atomic E-state index is -3.81. The largest absolute Gasteiger partial charge is 0.399 e. The molecular weight excluding hydrogens is 280 g/mol. The number of nitrogens with zero attached hydrogens (tertiary/aromatic N) is 2. The van der Waals surface area contributed by atoms with Gasteiger partial charge in [-0.15, -0.1) is 0 Å². The highest BCUT2D eigenvalue weighted by molar-refractivity contribution is 7.89. The number of aromatic amines is 1. The van der Waals surface area contributed by atoms with Crippen molar-refractivity contribution in [1.82, 2.24) is 15.2 Å². The average molecular weight is 296 g/mol. The topological polar surface area (TPSA) is 140 Å². The van der Waals surface area contributed by atoms with Crippen LogP contribution in [0.5, 0.6) is 0 Å². The summed E-state index contributed by atoms with van der Waals surface area (Å²) in [5.74, 6) is 0.788. The summed E-state index contributed by atoms with van der Waals surface area (Å²) in [6, 6.07) is 4.56. The number of nitrogens with one attached hydrogen (secondary N) is 2. The zero-order valence-corrected chi connectivity index (χ0v) is 11.5. The van der Waals surface area contributed by atoms with Crippen molar-refractivity contribution in [2.24, 2.45) is 5.14 Å². The molecule has 0 unspecified atom stereocenters. The van der Waals surface area contributed by atoms with E-state index in [0.29, 0.717) is 24.3 Å². The van der Waals surface area contributed by atoms with Crippen LogP contribution in [0.2, 0.25) is 0 Å². The van der Waals surface area contributed by atoms with Crippen molar-refractivity contribution in [2.75, 3.05) is 17.6 Å². The standard InChI is InChI=1S/C11H16N6O2S/c12-8-3-4-9(10(6-8)20(13,18)19)14-5-1-2-11-15-7-16-17-11/h3-4,6-7,14H,1-2,5,12H2,(H2,13,18,19)(H,15,16,17). The maximum atomic E-state index is 11.5. The number of anilines is 2. The zero-order valence-electron chi connectivity index (χ0n) is 10.7. The van der Waals surface area contributed by atoms with Gasteiger partial charge in [-0.1, -0.05) is 0 Å². The molecule has 9 heteroatoms. The van der Waals surface area contributed by atoms with Crippen molar-refractivity contribution in [3.8, 4) is 0 Å². The van der Waals surface area contributed by atoms with Crippen LogP contribution in [0, 0.1) is 0 Å². The van der Waals surface area contributed by atoms with Crippen molar-refractivity contribution >= 4 is 21.4 Å². The Morgan fingerprint density at radius 1 is 1.35 bits per heavy atom. The van der Waals surface area contributed by atoms with Gasteiger partial charge in [-0.2, -0.15) is 5.10 Å². The number of aromatic nitrogens is 3. The number of H-pyrrole nitrogens is 1. The molecule has 0 aliphatic rings. The fourth-order valence-electron chi connectivity index (χ4n) is 1.75. The normalized spacial score (nSPS) is 11.4. The SMILES string of the molecule is Nc1ccc(NCCCc2ncn[nH]2)c(S(N)(=O)=O)c1. The van der Waals surface area contributed by atoms with Gasteiger partial charge in [-0.25, -0.2) is 18.5 Å². The highest BCUT2D eigenvalue weighted by Crippen LogP contribution is 2.22. The van der Waals surface area contributed by atoms with Crippen LogP contribution in [0.4, 0.5) is 11.4 Å². The van der Waals surface area contributed by atoms with Gasteiger partial charge in [0.05, 0.1) is 5.69 Å². The molecule has 0 fully saturated rings. The van der Waals surface area contributed by atoms with Crippen molar-refractivity contribution in [2.45, 2.75) is 17.7 Å². The highest BCUT2D eigenvalue weighted by Gasteiger charge is 2.14. The maximum absolute atomic E-state index is 11.5. The van der Waals surface area contributed by atoms with Gasteiger partial charge >= 0.3 is 0 Å². The predicted molar refractivity (Wildman–Crippen MR) is 75.4 cm³/mol. The Morgan fingerprint density at radius 3 is 2.80 bits per heavy atom. The van der Waals surface area contributed by atoms with E-state index in [9.17, 15) is 8.42 Å². The quantitative estimate of drug-likeness (QED) is 0.439. The van der Waals surface area contributed by atoms with E-state index in [0.717, 1.165) is 12.2 Å². The van der Waals surface area contributed by atoms with Crippen molar-refractivity contribution in [1.29, 1.82) is 0 Å². The first-order chi connectivity index (χ1) is 9.47. The van der Waals surface area contributed by atoms with Gasteiger partial charge in [0.1, 0.15) is 17.0 Å². The monoisotopic (exact) mass is 296 g/mol. The molecule has 0 atom stereocenters. The van der Waals surface area contributed by atoms with Crippen LogP contribution in [0.3, 0.4) is 0 Å². The summed E-state index contributed by atoms with van der Waals surface area (Å²) in [7, 11) is -3.81. The Kier molecular flexibility index (Phi) is 4.20. The fraction of sp³-hybridized carbons (Fsp3) is 0.273. The lowest BCUT2D eigenvalue weighted by atomic mass is 10.2. The van der Waals surface area contributed by atoms with E-state index in [2.05, 4.69) is 20.5 Å². The third-order valence-corrected chi connectivity index (χ3v) is 3.63. The van der Waals surface area contributed by atoms with Crippen molar-refractivity contribution in [3.63, 3.8) is 0 Å². The molecule has 6 N–H and O–H groups in total. The van der Waals surface area contributed by atoms with Crippen LogP contribution in [0.1, 0.15) is 12.2 Å². The van der Waals surface area contributed by atoms with E-state index in [1.807, 2.05) is 0 Å². The molecule has 0 saturated heterocycles. The minimum absolute atomic E-state index is 0.00262. The lowest BCUT2D eigenvalue weighted by Crippen LogP contribution is -2.16. The van der Waals surface area contributed by atoms with Crippen molar-refractivity contribution in [3.05, 3.63) is 30.4 Å². The summed E-state index contributed by atoms with van der Waals surface area (Å²) in [5.41, 5.74) is 6.37. The van der Waals surface area contributed by atoms with E-state index in [1.54, 1.807) is 12.1 Å². The van der Waals surface area contributed by atoms with Crippen LogP contribution in [-0.2, 0) is 16.4 Å². The molecule has 1 aromatic carbocycles. The summed E-state index contributed by atoms with van der Waals surface area (Å²) in [4.78, 5) is 4.00. The molecule has 1 aromatic heterocycles. The molecule has 0 amide bonds. The highest BCUT2D eigenvalue weighted by atomic mass is 32.2. The van der Waals surface area contributed by atoms with E-state index in [4.69, 9.17) is 10.9 Å². The lowest BCUT2D eigenvalue weighted by Gasteiger charge is -2.11. The van der Waals surface area contributed by atoms with Crippen LogP contribution < -0.4 is 16.2 Å². The van der Waals surface area contributed by atoms with Gasteiger partial charge in [0.15, 0.2) is 0 Å². The predicted octanol–water partition coefficient (Wildman–Crippen LogP) is 0.0790. The molecule has 2 aromatic rings. The molecular formula is C11H16N6O2S. The molecule has 0 radical (unpaired) electrons. The summed E-state index contributed by atoms with van der Waals surface area (Å²) >= 11 is 0. The van der Waals surface area contributed by atoms with Gasteiger partial charge in [0.25, 0.3) is 0 Å². The van der Waals surface area contributed by atoms with E-state index in [-0.39, 0.29) is 4.90 Å². The Balaban J connectivity index is 1.99. The van der Waals surface area contributed by atoms with Gasteiger partial charge in [-0.3, -0.25) is 5.10 Å². The zero-order chi connectivity index (χ0) is 14.6. The van der Waals surface area contributed by atoms with Gasteiger partial charge in [0.2, 0.25) is 10.0 Å². The maximum Gasteiger partial charge on any atom is 0.240 e. The Labute approximate surface area is 116 Å². The summed E-state index contributed by atoms with van der Waals surface area (Å²) in [6.07, 6.45) is 2.93. The number of hydrogen-bond acceptors (Lipinski definition) is 6. The smallest absolute Gasteiger partial charge is 0.240 e. The molecule has 0 bridgehead atoms. The van der Waals surface area contributed by atoms with E-state index in [1.165, 1.54) is 12.4 Å². The molecule has 0 spiro atoms. The first-order valence-electron chi connectivity index (χ1n) is 5.97. The van der Waals surface area contributed by atoms with Crippen LogP contribution >= 0.6 is 0 Å². The second-order valence-corrected chi connectivity index (χ2v) is 5.79. The first kappa shape index (κ1) is 14.3. The third kappa shape index (κ3) is 3.68. The molecule has 108 valence electrons. The molecule has 2 rings (SSSR count). The number of rotatable bonds is 6. The summed E-state index contributed by atoms with van der Waals surface area (Å²) < 4.78 is 23.0. The van der Waals surface area contributed by atoms with Crippen LogP contribution in [-0.4, -0.2) is 30.1 Å². The van der Waals surface area contributed by atoms with Crippen LogP contribution in [0.15, 0.2) is 29.4 Å². The molecule has 20 heavy (non-hydrogen) atoms. The second-order valence-electron chi connectivity index (χ2n) is 4.26. The number of benzene rings is 1. The Morgan fingerprint density at radius 2 is 2.15 bits per heavy atom. The summed E-state index contributed by atoms with van der Waals surface area (Å²) in [6.45, 7) is 0.577. The van der Waals surface area contributed by atoms with Gasteiger partial charge < -0.3 is 11.1 Å². The molecule has 0 aliphatic carbocycles. The number of hydrogen-bond donors (Lipinski definition) is 4. The first-order valence-corrected chi connectivity index (χ1v) is 7.52. The summed E-state index contributed by atoms with van der Waals surface area (Å²) in [5, 5.41) is 14.7. The van der Waals surface area contributed by atoms with Crippen molar-refractivity contribution < 1.29 is 8.42 Å². The van der Waals surface area contributed by atoms with Gasteiger partial charge in [0, 0.05) is 18.7 Å². The minimum Gasteiger partial charge on any atom is -0.399 e. The van der Waals surface area contributed by atoms with E-state index >= 15 is 0 Å². The number of aryl methyl sites for hydroxylation is 1. The number of primary sulfonamides is 1. The molecule has 0 aliphatic heterocycles. The Hall–Kier alpha value is -2.13. The number of nitrogen functional groups attached to an aromatic ring is 1. The molecule has 1 heterocycles. The van der Waals surface area contributed by atoms with Crippen LogP contribution in [0.25, 0.3) is 0 Å². The lowest BCUT2D eigenvalue weighted by molar-refractivity contribution is 0.598.